The van der Waals surface area contributed by atoms with E-state index in [9.17, 15) is 0 Å². The van der Waals surface area contributed by atoms with E-state index in [0.29, 0.717) is 0 Å². The van der Waals surface area contributed by atoms with Gasteiger partial charge >= 0.3 is 0 Å². The normalized spacial score (nSPS) is 14.1. The van der Waals surface area contributed by atoms with E-state index in [2.05, 4.69) is 34.5 Å². The fourth-order valence-electron chi connectivity index (χ4n) is 3.44. The monoisotopic (exact) mass is 378 g/mol. The van der Waals surface area contributed by atoms with Crippen molar-refractivity contribution in [1.82, 2.24) is 14.9 Å². The topological polar surface area (TPSA) is 78.3 Å². The van der Waals surface area contributed by atoms with Crippen LogP contribution in [0.15, 0.2) is 54.6 Å². The Morgan fingerprint density at radius 3 is 2.39 bits per heavy atom. The van der Waals surface area contributed by atoms with Gasteiger partial charge in [-0.3, -0.25) is 4.79 Å². The van der Waals surface area contributed by atoms with Crippen molar-refractivity contribution in [3.05, 3.63) is 54.6 Å². The first-order valence-electron chi connectivity index (χ1n) is 9.68. The van der Waals surface area contributed by atoms with Crippen LogP contribution >= 0.6 is 0 Å². The van der Waals surface area contributed by atoms with E-state index >= 15 is 0 Å². The molecule has 4 rings (SSSR count). The highest BCUT2D eigenvalue weighted by Crippen LogP contribution is 2.24. The average Bonchev–Trinajstić information content (AvgIpc) is 2.75. The number of nitrogens with zero attached hydrogens (tertiary/aromatic N) is 3. The molecule has 0 bridgehead atoms. The summed E-state index contributed by atoms with van der Waals surface area (Å²) >= 11 is 0. The Labute approximate surface area is 165 Å². The summed E-state index contributed by atoms with van der Waals surface area (Å²) in [5.74, 6) is 1.71. The first kappa shape index (κ1) is 19.8. The Bertz CT molecular complexity index is 880. The van der Waals surface area contributed by atoms with E-state index in [0.717, 1.165) is 41.2 Å². The molecular weight excluding hydrogens is 352 g/mol. The Morgan fingerprint density at radius 2 is 1.64 bits per heavy atom. The van der Waals surface area contributed by atoms with E-state index in [1.807, 2.05) is 30.3 Å². The lowest BCUT2D eigenvalue weighted by molar-refractivity contribution is -0.122. The number of benzene rings is 2. The number of likely N-dealkylation sites (tertiary alicyclic amines) is 1. The molecule has 0 spiro atoms. The van der Waals surface area contributed by atoms with E-state index < -0.39 is 0 Å². The van der Waals surface area contributed by atoms with Crippen LogP contribution in [0.3, 0.4) is 0 Å². The highest BCUT2D eigenvalue weighted by atomic mass is 16.3. The van der Waals surface area contributed by atoms with Crippen molar-refractivity contribution < 1.29 is 9.90 Å². The third kappa shape index (κ3) is 5.27. The molecule has 2 heterocycles. The van der Waals surface area contributed by atoms with Crippen LogP contribution in [0.1, 0.15) is 19.3 Å². The van der Waals surface area contributed by atoms with Crippen molar-refractivity contribution in [1.29, 1.82) is 0 Å². The quantitative estimate of drug-likeness (QED) is 0.656. The lowest BCUT2D eigenvalue weighted by Gasteiger charge is -2.26. The standard InChI is InChI=1S/C21H24N4.CH2O2/c1-3-9-17(10-4-1)20-23-19-12-6-5-11-18(19)21(24-20)22-13-16-25-14-7-2-8-15-25;2-1-3/h1,3-6,9-12H,2,7-8,13-16H2,(H,22,23,24);1H,(H,2,3). The van der Waals surface area contributed by atoms with Gasteiger partial charge in [-0.05, 0) is 38.1 Å². The minimum atomic E-state index is -0.250. The molecule has 2 aromatic carbocycles. The molecule has 1 aliphatic rings. The SMILES string of the molecule is O=CO.c1ccc(-c2nc(NCCN3CCCCC3)c3ccccc3n2)cc1. The van der Waals surface area contributed by atoms with Crippen LogP contribution in [0.5, 0.6) is 0 Å². The van der Waals surface area contributed by atoms with Gasteiger partial charge in [0.15, 0.2) is 5.82 Å². The van der Waals surface area contributed by atoms with Crippen LogP contribution < -0.4 is 5.32 Å². The Balaban J connectivity index is 0.000000706. The first-order valence-corrected chi connectivity index (χ1v) is 9.68. The summed E-state index contributed by atoms with van der Waals surface area (Å²) in [5.41, 5.74) is 2.03. The number of hydrogen-bond acceptors (Lipinski definition) is 5. The van der Waals surface area contributed by atoms with E-state index in [-0.39, 0.29) is 6.47 Å². The molecule has 6 heteroatoms. The smallest absolute Gasteiger partial charge is 0.290 e. The van der Waals surface area contributed by atoms with Gasteiger partial charge in [-0.2, -0.15) is 0 Å². The zero-order chi connectivity index (χ0) is 19.6. The first-order chi connectivity index (χ1) is 13.8. The summed E-state index contributed by atoms with van der Waals surface area (Å²) in [5, 5.41) is 11.5. The summed E-state index contributed by atoms with van der Waals surface area (Å²) in [6.07, 6.45) is 4.03. The highest BCUT2D eigenvalue weighted by molar-refractivity contribution is 5.90. The van der Waals surface area contributed by atoms with Gasteiger partial charge in [-0.15, -0.1) is 0 Å². The minimum Gasteiger partial charge on any atom is -0.483 e. The summed E-state index contributed by atoms with van der Waals surface area (Å²) in [6, 6.07) is 18.4. The molecule has 146 valence electrons. The lowest BCUT2D eigenvalue weighted by atomic mass is 10.1. The van der Waals surface area contributed by atoms with Crippen LogP contribution in [-0.2, 0) is 4.79 Å². The number of nitrogens with one attached hydrogen (secondary N) is 1. The zero-order valence-electron chi connectivity index (χ0n) is 15.9. The maximum Gasteiger partial charge on any atom is 0.290 e. The van der Waals surface area contributed by atoms with Crippen LogP contribution in [0.25, 0.3) is 22.3 Å². The molecule has 0 saturated carbocycles. The van der Waals surface area contributed by atoms with Crippen LogP contribution in [-0.4, -0.2) is 52.6 Å². The summed E-state index contributed by atoms with van der Waals surface area (Å²) in [7, 11) is 0. The summed E-state index contributed by atoms with van der Waals surface area (Å²) in [6.45, 7) is 4.18. The highest BCUT2D eigenvalue weighted by Gasteiger charge is 2.11. The number of aromatic nitrogens is 2. The van der Waals surface area contributed by atoms with Crippen LogP contribution in [0.4, 0.5) is 5.82 Å². The Hall–Kier alpha value is -2.99. The van der Waals surface area contributed by atoms with Crippen molar-refractivity contribution in [2.24, 2.45) is 0 Å². The third-order valence-corrected chi connectivity index (χ3v) is 4.80. The van der Waals surface area contributed by atoms with Crippen molar-refractivity contribution >= 4 is 23.2 Å². The predicted molar refractivity (Wildman–Crippen MR) is 112 cm³/mol. The van der Waals surface area contributed by atoms with Crippen molar-refractivity contribution in [3.8, 4) is 11.4 Å². The minimum absolute atomic E-state index is 0.250. The number of carboxylic acid groups (broad SMARTS) is 1. The van der Waals surface area contributed by atoms with Gasteiger partial charge in [-0.25, -0.2) is 9.97 Å². The molecule has 6 nitrogen and oxygen atoms in total. The van der Waals surface area contributed by atoms with Gasteiger partial charge in [0.2, 0.25) is 0 Å². The molecule has 0 unspecified atom stereocenters. The van der Waals surface area contributed by atoms with Gasteiger partial charge in [0.05, 0.1) is 5.52 Å². The lowest BCUT2D eigenvalue weighted by Crippen LogP contribution is -2.33. The number of carbonyl (C=O) groups is 1. The van der Waals surface area contributed by atoms with Gasteiger partial charge in [-0.1, -0.05) is 48.9 Å². The third-order valence-electron chi connectivity index (χ3n) is 4.80. The number of rotatable bonds is 5. The van der Waals surface area contributed by atoms with Crippen molar-refractivity contribution in [2.45, 2.75) is 19.3 Å². The molecular formula is C22H26N4O2. The van der Waals surface area contributed by atoms with Crippen LogP contribution in [0.2, 0.25) is 0 Å². The van der Waals surface area contributed by atoms with E-state index in [4.69, 9.17) is 19.9 Å². The van der Waals surface area contributed by atoms with Gasteiger partial charge in [0.25, 0.3) is 6.47 Å². The number of fused-ring (bicyclic) bond motifs is 1. The second-order valence-corrected chi connectivity index (χ2v) is 6.71. The fourth-order valence-corrected chi connectivity index (χ4v) is 3.44. The fraction of sp³-hybridized carbons (Fsp3) is 0.318. The molecule has 1 aromatic heterocycles. The van der Waals surface area contributed by atoms with Crippen LogP contribution in [0, 0.1) is 0 Å². The van der Waals surface area contributed by atoms with Gasteiger partial charge in [0.1, 0.15) is 5.82 Å². The van der Waals surface area contributed by atoms with Gasteiger partial charge in [0, 0.05) is 24.0 Å². The average molecular weight is 378 g/mol. The summed E-state index contributed by atoms with van der Waals surface area (Å²) < 4.78 is 0. The van der Waals surface area contributed by atoms with Gasteiger partial charge < -0.3 is 15.3 Å². The number of piperidine rings is 1. The number of para-hydroxylation sites is 1. The molecule has 1 aliphatic heterocycles. The molecule has 0 atom stereocenters. The molecule has 0 radical (unpaired) electrons. The van der Waals surface area contributed by atoms with Crippen molar-refractivity contribution in [2.75, 3.05) is 31.5 Å². The Morgan fingerprint density at radius 1 is 0.964 bits per heavy atom. The molecule has 0 amide bonds. The number of hydrogen-bond donors (Lipinski definition) is 2. The second-order valence-electron chi connectivity index (χ2n) is 6.71. The molecule has 1 saturated heterocycles. The van der Waals surface area contributed by atoms with E-state index in [1.165, 1.54) is 32.4 Å². The maximum atomic E-state index is 8.36. The largest absolute Gasteiger partial charge is 0.483 e. The Kier molecular flexibility index (Phi) is 7.32. The molecule has 28 heavy (non-hydrogen) atoms. The molecule has 1 fully saturated rings. The zero-order valence-corrected chi connectivity index (χ0v) is 15.9. The number of anilines is 1. The second kappa shape index (κ2) is 10.4. The molecule has 0 aliphatic carbocycles. The predicted octanol–water partition coefficient (Wildman–Crippen LogP) is 3.90. The summed E-state index contributed by atoms with van der Waals surface area (Å²) in [4.78, 5) is 20.5. The van der Waals surface area contributed by atoms with Crippen molar-refractivity contribution in [3.63, 3.8) is 0 Å². The molecule has 2 N–H and O–H groups in total. The molecule has 3 aromatic rings. The van der Waals surface area contributed by atoms with E-state index in [1.54, 1.807) is 0 Å². The maximum absolute atomic E-state index is 8.36.